The van der Waals surface area contributed by atoms with Crippen LogP contribution < -0.4 is 9.62 Å². The Hall–Kier alpha value is -3.14. The van der Waals surface area contributed by atoms with E-state index in [4.69, 9.17) is 23.2 Å². The van der Waals surface area contributed by atoms with Gasteiger partial charge in [0.1, 0.15) is 18.4 Å². The molecule has 3 aromatic carbocycles. The lowest BCUT2D eigenvalue weighted by Crippen LogP contribution is -2.55. The Morgan fingerprint density at radius 3 is 2.10 bits per heavy atom. The summed E-state index contributed by atoms with van der Waals surface area (Å²) >= 11 is 12.3. The molecule has 0 aliphatic heterocycles. The number of nitrogens with zero attached hydrogens (tertiary/aromatic N) is 2. The molecular weight excluding hydrogens is 588 g/mol. The van der Waals surface area contributed by atoms with Gasteiger partial charge in [-0.15, -0.1) is 0 Å². The molecule has 7 nitrogen and oxygen atoms in total. The molecular formula is C30H34Cl2FN3O4S. The molecule has 0 heterocycles. The molecule has 0 spiro atoms. The lowest BCUT2D eigenvalue weighted by atomic mass is 10.1. The van der Waals surface area contributed by atoms with E-state index < -0.39 is 39.9 Å². The van der Waals surface area contributed by atoms with Crippen LogP contribution in [0.25, 0.3) is 0 Å². The van der Waals surface area contributed by atoms with Crippen LogP contribution in [0.1, 0.15) is 45.2 Å². The summed E-state index contributed by atoms with van der Waals surface area (Å²) < 4.78 is 42.4. The van der Waals surface area contributed by atoms with Crippen molar-refractivity contribution in [2.75, 3.05) is 10.8 Å². The van der Waals surface area contributed by atoms with Gasteiger partial charge in [-0.05, 0) is 88.2 Å². The number of nitrogens with one attached hydrogen (secondary N) is 1. The quantitative estimate of drug-likeness (QED) is 0.285. The maximum Gasteiger partial charge on any atom is 0.264 e. The number of hydrogen-bond acceptors (Lipinski definition) is 4. The number of carbonyl (C=O) groups is 2. The number of halogens is 3. The fraction of sp³-hybridized carbons (Fsp3) is 0.333. The molecule has 1 N–H and O–H groups in total. The SMILES string of the molecule is CC[C@@H](C(=O)NC(C)(C)C)N(Cc1ccc(Cl)c(Cl)c1)C(=O)CN(c1ccc(F)cc1)S(=O)(=O)c1ccc(C)cc1. The highest BCUT2D eigenvalue weighted by molar-refractivity contribution is 7.92. The summed E-state index contributed by atoms with van der Waals surface area (Å²) in [7, 11) is -4.25. The van der Waals surface area contributed by atoms with Crippen LogP contribution in [0.5, 0.6) is 0 Å². The predicted octanol–water partition coefficient (Wildman–Crippen LogP) is 6.36. The Labute approximate surface area is 251 Å². The van der Waals surface area contributed by atoms with Gasteiger partial charge in [-0.1, -0.05) is 53.9 Å². The minimum absolute atomic E-state index is 0.0335. The second-order valence-corrected chi connectivity index (χ2v) is 13.4. The summed E-state index contributed by atoms with van der Waals surface area (Å²) in [6.07, 6.45) is 0.260. The summed E-state index contributed by atoms with van der Waals surface area (Å²) in [4.78, 5) is 28.7. The molecule has 0 bridgehead atoms. The molecule has 0 aliphatic rings. The first kappa shape index (κ1) is 32.4. The summed E-state index contributed by atoms with van der Waals surface area (Å²) in [5.41, 5.74) is 0.987. The van der Waals surface area contributed by atoms with Crippen molar-refractivity contribution in [3.8, 4) is 0 Å². The smallest absolute Gasteiger partial charge is 0.264 e. The third-order valence-electron chi connectivity index (χ3n) is 6.22. The zero-order valence-corrected chi connectivity index (χ0v) is 25.9. The summed E-state index contributed by atoms with van der Waals surface area (Å²) in [5, 5.41) is 3.52. The fourth-order valence-electron chi connectivity index (χ4n) is 4.18. The monoisotopic (exact) mass is 621 g/mol. The molecule has 1 atom stereocenters. The maximum atomic E-state index is 14.1. The van der Waals surface area contributed by atoms with Crippen molar-refractivity contribution in [1.82, 2.24) is 10.2 Å². The molecule has 0 unspecified atom stereocenters. The Balaban J connectivity index is 2.08. The van der Waals surface area contributed by atoms with Gasteiger partial charge < -0.3 is 10.2 Å². The second-order valence-electron chi connectivity index (χ2n) is 10.7. The average molecular weight is 623 g/mol. The lowest BCUT2D eigenvalue weighted by molar-refractivity contribution is -0.141. The van der Waals surface area contributed by atoms with Gasteiger partial charge in [0.15, 0.2) is 0 Å². The normalized spacial score (nSPS) is 12.5. The van der Waals surface area contributed by atoms with Crippen LogP contribution in [0.4, 0.5) is 10.1 Å². The standard InChI is InChI=1S/C30H34Cl2FN3O4S/c1-6-27(29(38)34-30(3,4)5)35(18-21-9-16-25(31)26(32)17-21)28(37)19-36(23-12-10-22(33)11-13-23)41(39,40)24-14-7-20(2)8-15-24/h7-17,27H,6,18-19H2,1-5H3,(H,34,38)/t27-/m0/s1. The molecule has 3 rings (SSSR count). The second kappa shape index (κ2) is 13.2. The van der Waals surface area contributed by atoms with Crippen molar-refractivity contribution in [3.63, 3.8) is 0 Å². The van der Waals surface area contributed by atoms with Gasteiger partial charge in [0.25, 0.3) is 10.0 Å². The van der Waals surface area contributed by atoms with Crippen LogP contribution in [0.2, 0.25) is 10.0 Å². The molecule has 41 heavy (non-hydrogen) atoms. The average Bonchev–Trinajstić information content (AvgIpc) is 2.89. The lowest BCUT2D eigenvalue weighted by Gasteiger charge is -2.34. The van der Waals surface area contributed by atoms with E-state index in [1.165, 1.54) is 29.2 Å². The molecule has 0 aliphatic carbocycles. The fourth-order valence-corrected chi connectivity index (χ4v) is 5.92. The van der Waals surface area contributed by atoms with Crippen molar-refractivity contribution in [2.24, 2.45) is 0 Å². The Morgan fingerprint density at radius 2 is 1.56 bits per heavy atom. The summed E-state index contributed by atoms with van der Waals surface area (Å²) in [5.74, 6) is -1.57. The van der Waals surface area contributed by atoms with Crippen molar-refractivity contribution in [2.45, 2.75) is 64.1 Å². The number of aryl methyl sites for hydroxylation is 1. The number of anilines is 1. The summed E-state index contributed by atoms with van der Waals surface area (Å²) in [6.45, 7) is 8.40. The maximum absolute atomic E-state index is 14.1. The minimum Gasteiger partial charge on any atom is -0.350 e. The number of rotatable bonds is 10. The third kappa shape index (κ3) is 8.44. The van der Waals surface area contributed by atoms with Crippen LogP contribution in [-0.2, 0) is 26.2 Å². The molecule has 220 valence electrons. The first-order chi connectivity index (χ1) is 19.1. The molecule has 0 aromatic heterocycles. The van der Waals surface area contributed by atoms with E-state index in [0.717, 1.165) is 22.0 Å². The van der Waals surface area contributed by atoms with Crippen molar-refractivity contribution in [3.05, 3.63) is 93.7 Å². The van der Waals surface area contributed by atoms with Crippen LogP contribution in [-0.4, -0.2) is 43.3 Å². The van der Waals surface area contributed by atoms with Gasteiger partial charge in [0.05, 0.1) is 20.6 Å². The topological polar surface area (TPSA) is 86.8 Å². The van der Waals surface area contributed by atoms with Gasteiger partial charge in [0, 0.05) is 12.1 Å². The van der Waals surface area contributed by atoms with Crippen LogP contribution in [0.3, 0.4) is 0 Å². The number of hydrogen-bond donors (Lipinski definition) is 1. The molecule has 11 heteroatoms. The van der Waals surface area contributed by atoms with Crippen LogP contribution >= 0.6 is 23.2 Å². The van der Waals surface area contributed by atoms with Crippen molar-refractivity contribution >= 4 is 50.7 Å². The van der Waals surface area contributed by atoms with Gasteiger partial charge in [-0.3, -0.25) is 13.9 Å². The highest BCUT2D eigenvalue weighted by atomic mass is 35.5. The molecule has 2 amide bonds. The van der Waals surface area contributed by atoms with E-state index in [0.29, 0.717) is 10.6 Å². The van der Waals surface area contributed by atoms with Crippen molar-refractivity contribution < 1.29 is 22.4 Å². The molecule has 0 saturated heterocycles. The predicted molar refractivity (Wildman–Crippen MR) is 161 cm³/mol. The zero-order chi connectivity index (χ0) is 30.5. The van der Waals surface area contributed by atoms with E-state index in [9.17, 15) is 22.4 Å². The zero-order valence-electron chi connectivity index (χ0n) is 23.6. The van der Waals surface area contributed by atoms with Gasteiger partial charge >= 0.3 is 0 Å². The molecule has 0 fully saturated rings. The third-order valence-corrected chi connectivity index (χ3v) is 8.75. The van der Waals surface area contributed by atoms with E-state index in [-0.39, 0.29) is 34.5 Å². The number of sulfonamides is 1. The number of amides is 2. The number of carbonyl (C=O) groups excluding carboxylic acids is 2. The Kier molecular flexibility index (Phi) is 10.4. The Morgan fingerprint density at radius 1 is 0.951 bits per heavy atom. The minimum atomic E-state index is -4.25. The molecule has 0 radical (unpaired) electrons. The van der Waals surface area contributed by atoms with E-state index >= 15 is 0 Å². The molecule has 0 saturated carbocycles. The highest BCUT2D eigenvalue weighted by Gasteiger charge is 2.34. The van der Waals surface area contributed by atoms with E-state index in [1.54, 1.807) is 37.3 Å². The largest absolute Gasteiger partial charge is 0.350 e. The first-order valence-electron chi connectivity index (χ1n) is 13.0. The van der Waals surface area contributed by atoms with E-state index in [2.05, 4.69) is 5.32 Å². The van der Waals surface area contributed by atoms with Crippen LogP contribution in [0, 0.1) is 12.7 Å². The van der Waals surface area contributed by atoms with Gasteiger partial charge in [-0.25, -0.2) is 12.8 Å². The summed E-state index contributed by atoms with van der Waals surface area (Å²) in [6, 6.07) is 15.0. The number of benzene rings is 3. The molecule has 3 aromatic rings. The highest BCUT2D eigenvalue weighted by Crippen LogP contribution is 2.27. The van der Waals surface area contributed by atoms with Crippen molar-refractivity contribution in [1.29, 1.82) is 0 Å². The van der Waals surface area contributed by atoms with Crippen LogP contribution in [0.15, 0.2) is 71.6 Å². The van der Waals surface area contributed by atoms with Gasteiger partial charge in [-0.2, -0.15) is 0 Å². The Bertz CT molecular complexity index is 1490. The van der Waals surface area contributed by atoms with E-state index in [1.807, 2.05) is 27.7 Å². The van der Waals surface area contributed by atoms with Gasteiger partial charge in [0.2, 0.25) is 11.8 Å². The first-order valence-corrected chi connectivity index (χ1v) is 15.2.